The van der Waals surface area contributed by atoms with Crippen LogP contribution in [-0.4, -0.2) is 21.7 Å². The Labute approximate surface area is 133 Å². The number of hydrogen-bond acceptors (Lipinski definition) is 5. The molecule has 1 aromatic carbocycles. The second kappa shape index (κ2) is 5.53. The van der Waals surface area contributed by atoms with Gasteiger partial charge in [0.25, 0.3) is 11.7 Å². The molecule has 1 aromatic heterocycles. The fourth-order valence-corrected chi connectivity index (χ4v) is 3.08. The average Bonchev–Trinajstić information content (AvgIpc) is 2.93. The largest absolute Gasteiger partial charge is 0.448 e. The van der Waals surface area contributed by atoms with Crippen LogP contribution in [0.2, 0.25) is 0 Å². The third-order valence-electron chi connectivity index (χ3n) is 4.20. The maximum atomic E-state index is 12.1. The van der Waals surface area contributed by atoms with Gasteiger partial charge in [0.1, 0.15) is 5.69 Å². The molecule has 1 aliphatic heterocycles. The number of ether oxygens (including phenoxy) is 2. The molecular formula is C17H17N3O3. The van der Waals surface area contributed by atoms with Gasteiger partial charge in [-0.15, -0.1) is 0 Å². The zero-order chi connectivity index (χ0) is 15.7. The Morgan fingerprint density at radius 3 is 2.70 bits per heavy atom. The molecule has 2 aromatic rings. The molecule has 0 saturated heterocycles. The van der Waals surface area contributed by atoms with Crippen molar-refractivity contribution in [1.29, 1.82) is 0 Å². The summed E-state index contributed by atoms with van der Waals surface area (Å²) in [7, 11) is 0. The van der Waals surface area contributed by atoms with Gasteiger partial charge in [0.05, 0.1) is 6.20 Å². The van der Waals surface area contributed by atoms with Crippen LogP contribution in [0.25, 0.3) is 0 Å². The van der Waals surface area contributed by atoms with E-state index in [-0.39, 0.29) is 11.6 Å². The van der Waals surface area contributed by atoms with Crippen molar-refractivity contribution >= 4 is 11.6 Å². The molecule has 118 valence electrons. The number of anilines is 1. The van der Waals surface area contributed by atoms with E-state index >= 15 is 0 Å². The Balaban J connectivity index is 1.51. The highest BCUT2D eigenvalue weighted by molar-refractivity contribution is 6.02. The van der Waals surface area contributed by atoms with Crippen LogP contribution in [0.15, 0.2) is 36.8 Å². The standard InChI is InChI=1S/C17H17N3O3/c21-16(13-11-18-8-9-19-13)20-12-4-5-14-15(10-12)23-17(22-14)6-2-1-3-7-17/h4-5,8-11H,1-3,6-7H2,(H,20,21). The van der Waals surface area contributed by atoms with Gasteiger partial charge in [-0.1, -0.05) is 6.42 Å². The molecular weight excluding hydrogens is 294 g/mol. The summed E-state index contributed by atoms with van der Waals surface area (Å²) in [6.45, 7) is 0. The SMILES string of the molecule is O=C(Nc1ccc2c(c1)OC1(CCCCC1)O2)c1cnccn1. The first-order valence-electron chi connectivity index (χ1n) is 7.84. The van der Waals surface area contributed by atoms with E-state index in [0.717, 1.165) is 31.4 Å². The normalized spacial score (nSPS) is 17.9. The lowest BCUT2D eigenvalue weighted by Gasteiger charge is -2.31. The fourth-order valence-electron chi connectivity index (χ4n) is 3.08. The highest BCUT2D eigenvalue weighted by Crippen LogP contribution is 2.46. The van der Waals surface area contributed by atoms with Crippen molar-refractivity contribution in [3.63, 3.8) is 0 Å². The van der Waals surface area contributed by atoms with Crippen molar-refractivity contribution in [3.05, 3.63) is 42.5 Å². The number of carbonyl (C=O) groups is 1. The van der Waals surface area contributed by atoms with Crippen LogP contribution in [-0.2, 0) is 0 Å². The summed E-state index contributed by atoms with van der Waals surface area (Å²) in [5.74, 6) is 0.617. The van der Waals surface area contributed by atoms with Crippen molar-refractivity contribution < 1.29 is 14.3 Å². The van der Waals surface area contributed by atoms with E-state index < -0.39 is 5.79 Å². The van der Waals surface area contributed by atoms with Crippen LogP contribution in [0, 0.1) is 0 Å². The quantitative estimate of drug-likeness (QED) is 0.922. The number of carbonyl (C=O) groups excluding carboxylic acids is 1. The van der Waals surface area contributed by atoms with Crippen molar-refractivity contribution in [2.45, 2.75) is 37.9 Å². The topological polar surface area (TPSA) is 73.3 Å². The lowest BCUT2D eigenvalue weighted by atomic mass is 9.94. The Morgan fingerprint density at radius 2 is 1.91 bits per heavy atom. The minimum absolute atomic E-state index is 0.272. The molecule has 0 radical (unpaired) electrons. The molecule has 1 N–H and O–H groups in total. The first-order chi connectivity index (χ1) is 11.2. The molecule has 6 nitrogen and oxygen atoms in total. The number of nitrogens with one attached hydrogen (secondary N) is 1. The maximum absolute atomic E-state index is 12.1. The molecule has 0 atom stereocenters. The second-order valence-corrected chi connectivity index (χ2v) is 5.88. The highest BCUT2D eigenvalue weighted by Gasteiger charge is 2.42. The van der Waals surface area contributed by atoms with Gasteiger partial charge in [-0.25, -0.2) is 4.98 Å². The van der Waals surface area contributed by atoms with Crippen molar-refractivity contribution in [2.75, 3.05) is 5.32 Å². The number of rotatable bonds is 2. The van der Waals surface area contributed by atoms with Crippen LogP contribution in [0.1, 0.15) is 42.6 Å². The Hall–Kier alpha value is -2.63. The smallest absolute Gasteiger partial charge is 0.275 e. The Kier molecular flexibility index (Phi) is 3.37. The van der Waals surface area contributed by atoms with Crippen molar-refractivity contribution in [2.24, 2.45) is 0 Å². The van der Waals surface area contributed by atoms with Gasteiger partial charge in [0.2, 0.25) is 0 Å². The number of aromatic nitrogens is 2. The Bertz CT molecular complexity index is 727. The fraction of sp³-hybridized carbons (Fsp3) is 0.353. The lowest BCUT2D eigenvalue weighted by Crippen LogP contribution is -2.40. The first kappa shape index (κ1) is 14.0. The average molecular weight is 311 g/mol. The molecule has 1 amide bonds. The van der Waals surface area contributed by atoms with E-state index in [1.54, 1.807) is 12.1 Å². The van der Waals surface area contributed by atoms with Gasteiger partial charge in [-0.2, -0.15) is 0 Å². The molecule has 0 unspecified atom stereocenters. The van der Waals surface area contributed by atoms with E-state index in [9.17, 15) is 4.79 Å². The van der Waals surface area contributed by atoms with Gasteiger partial charge in [-0.3, -0.25) is 9.78 Å². The minimum atomic E-state index is -0.506. The lowest BCUT2D eigenvalue weighted by molar-refractivity contribution is -0.105. The van der Waals surface area contributed by atoms with Gasteiger partial charge >= 0.3 is 0 Å². The molecule has 2 heterocycles. The van der Waals surface area contributed by atoms with Crippen LogP contribution in [0.3, 0.4) is 0 Å². The first-order valence-corrected chi connectivity index (χ1v) is 7.84. The third kappa shape index (κ3) is 2.72. The number of fused-ring (bicyclic) bond motifs is 1. The van der Waals surface area contributed by atoms with E-state index in [2.05, 4.69) is 15.3 Å². The van der Waals surface area contributed by atoms with E-state index in [1.807, 2.05) is 6.07 Å². The van der Waals surface area contributed by atoms with Crippen molar-refractivity contribution in [3.8, 4) is 11.5 Å². The minimum Gasteiger partial charge on any atom is -0.448 e. The van der Waals surface area contributed by atoms with Crippen LogP contribution < -0.4 is 14.8 Å². The molecule has 1 saturated carbocycles. The van der Waals surface area contributed by atoms with Crippen LogP contribution in [0.4, 0.5) is 5.69 Å². The van der Waals surface area contributed by atoms with E-state index in [4.69, 9.17) is 9.47 Å². The second-order valence-electron chi connectivity index (χ2n) is 5.88. The molecule has 1 fully saturated rings. The van der Waals surface area contributed by atoms with E-state index in [0.29, 0.717) is 11.4 Å². The molecule has 4 rings (SSSR count). The number of hydrogen-bond donors (Lipinski definition) is 1. The number of nitrogens with zero attached hydrogens (tertiary/aromatic N) is 2. The zero-order valence-electron chi connectivity index (χ0n) is 12.6. The highest BCUT2D eigenvalue weighted by atomic mass is 16.7. The monoisotopic (exact) mass is 311 g/mol. The molecule has 6 heteroatoms. The van der Waals surface area contributed by atoms with E-state index in [1.165, 1.54) is 25.0 Å². The maximum Gasteiger partial charge on any atom is 0.275 e. The van der Waals surface area contributed by atoms with Crippen LogP contribution >= 0.6 is 0 Å². The van der Waals surface area contributed by atoms with Crippen LogP contribution in [0.5, 0.6) is 11.5 Å². The Morgan fingerprint density at radius 1 is 1.09 bits per heavy atom. The summed E-state index contributed by atoms with van der Waals surface area (Å²) >= 11 is 0. The third-order valence-corrected chi connectivity index (χ3v) is 4.20. The summed E-state index contributed by atoms with van der Waals surface area (Å²) in [4.78, 5) is 20.0. The zero-order valence-corrected chi connectivity index (χ0v) is 12.6. The summed E-state index contributed by atoms with van der Waals surface area (Å²) in [6, 6.07) is 5.44. The molecule has 1 spiro atoms. The summed E-state index contributed by atoms with van der Waals surface area (Å²) in [5, 5.41) is 2.80. The summed E-state index contributed by atoms with van der Waals surface area (Å²) in [5.41, 5.74) is 0.921. The molecule has 1 aliphatic carbocycles. The predicted octanol–water partition coefficient (Wildman–Crippen LogP) is 3.16. The molecule has 0 bridgehead atoms. The van der Waals surface area contributed by atoms with Crippen molar-refractivity contribution in [1.82, 2.24) is 9.97 Å². The van der Waals surface area contributed by atoms with Gasteiger partial charge in [-0.05, 0) is 25.0 Å². The predicted molar refractivity (Wildman–Crippen MR) is 83.5 cm³/mol. The number of benzene rings is 1. The van der Waals surface area contributed by atoms with Gasteiger partial charge in [0, 0.05) is 37.0 Å². The molecule has 2 aliphatic rings. The van der Waals surface area contributed by atoms with Gasteiger partial charge in [0.15, 0.2) is 11.5 Å². The summed E-state index contributed by atoms with van der Waals surface area (Å²) in [6.07, 6.45) is 9.71. The molecule has 23 heavy (non-hydrogen) atoms. The summed E-state index contributed by atoms with van der Waals surface area (Å²) < 4.78 is 12.1. The number of amides is 1. The van der Waals surface area contributed by atoms with Gasteiger partial charge < -0.3 is 14.8 Å².